The number of hydrogen-bond acceptors (Lipinski definition) is 9. The number of aliphatic imine (C=N–C) groups is 1. The zero-order valence-electron chi connectivity index (χ0n) is 19.4. The summed E-state index contributed by atoms with van der Waals surface area (Å²) in [6.07, 6.45) is 1.43. The molecule has 186 valence electrons. The molecular weight excluding hydrogens is 514 g/mol. The van der Waals surface area contributed by atoms with Crippen molar-refractivity contribution in [2.75, 3.05) is 12.4 Å². The number of ether oxygens (including phenoxy) is 1. The Hall–Kier alpha value is -4.16. The topological polar surface area (TPSA) is 134 Å². The molecule has 37 heavy (non-hydrogen) atoms. The minimum Gasteiger partial charge on any atom is -0.493 e. The number of thioether (sulfide) groups is 2. The third-order valence-corrected chi connectivity index (χ3v) is 7.37. The number of rotatable bonds is 7. The van der Waals surface area contributed by atoms with E-state index in [1.54, 1.807) is 18.2 Å². The van der Waals surface area contributed by atoms with Gasteiger partial charge in [0.05, 0.1) is 17.1 Å². The molecule has 0 saturated carbocycles. The third-order valence-electron chi connectivity index (χ3n) is 5.37. The van der Waals surface area contributed by atoms with Crippen LogP contribution in [0.25, 0.3) is 17.4 Å². The summed E-state index contributed by atoms with van der Waals surface area (Å²) >= 11 is 2.68. The number of amidine groups is 2. The van der Waals surface area contributed by atoms with Crippen LogP contribution in [-0.2, 0) is 4.79 Å². The number of non-ortho nitro benzene ring substituents is 1. The predicted molar refractivity (Wildman–Crippen MR) is 145 cm³/mol. The second kappa shape index (κ2) is 10.4. The van der Waals surface area contributed by atoms with Crippen LogP contribution in [0.3, 0.4) is 0 Å². The van der Waals surface area contributed by atoms with E-state index in [-0.39, 0.29) is 17.1 Å². The number of hydrazone groups is 1. The highest BCUT2D eigenvalue weighted by atomic mass is 32.2. The molecule has 1 N–H and O–H groups in total. The van der Waals surface area contributed by atoms with Gasteiger partial charge in [0.15, 0.2) is 10.2 Å². The molecule has 0 atom stereocenters. The summed E-state index contributed by atoms with van der Waals surface area (Å²) in [6.45, 7) is 2.30. The summed E-state index contributed by atoms with van der Waals surface area (Å²) in [5.74, 6) is 1.48. The number of nitrogens with one attached hydrogen (secondary N) is 1. The van der Waals surface area contributed by atoms with Gasteiger partial charge in [-0.3, -0.25) is 20.3 Å². The number of carbonyl (C=O) groups excluding carboxylic acids is 1. The first-order chi connectivity index (χ1) is 17.9. The van der Waals surface area contributed by atoms with Crippen molar-refractivity contribution in [2.45, 2.75) is 6.92 Å². The van der Waals surface area contributed by atoms with Crippen LogP contribution in [-0.4, -0.2) is 43.6 Å². The minimum atomic E-state index is -0.568. The van der Waals surface area contributed by atoms with Crippen LogP contribution in [0.5, 0.6) is 5.75 Å². The van der Waals surface area contributed by atoms with E-state index in [1.807, 2.05) is 37.3 Å². The second-order valence-corrected chi connectivity index (χ2v) is 10.2. The maximum atomic E-state index is 12.7. The molecule has 3 aromatic rings. The lowest BCUT2D eigenvalue weighted by molar-refractivity contribution is -0.384. The Kier molecular flexibility index (Phi) is 6.93. The van der Waals surface area contributed by atoms with Gasteiger partial charge >= 0.3 is 0 Å². The van der Waals surface area contributed by atoms with Crippen molar-refractivity contribution in [1.29, 1.82) is 5.41 Å². The summed E-state index contributed by atoms with van der Waals surface area (Å²) in [5, 5.41) is 25.8. The summed E-state index contributed by atoms with van der Waals surface area (Å²) < 4.78 is 12.2. The van der Waals surface area contributed by atoms with Crippen LogP contribution in [0.2, 0.25) is 0 Å². The van der Waals surface area contributed by atoms with E-state index in [4.69, 9.17) is 14.6 Å². The molecule has 0 aliphatic carbocycles. The molecule has 0 unspecified atom stereocenters. The normalized spacial score (nSPS) is 16.0. The van der Waals surface area contributed by atoms with Crippen molar-refractivity contribution in [3.05, 3.63) is 87.7 Å². The van der Waals surface area contributed by atoms with Gasteiger partial charge in [-0.05, 0) is 54.6 Å². The molecule has 2 aromatic carbocycles. The molecule has 3 heterocycles. The summed E-state index contributed by atoms with van der Waals surface area (Å²) in [4.78, 5) is 27.5. The largest absolute Gasteiger partial charge is 0.493 e. The average molecular weight is 534 g/mol. The quantitative estimate of drug-likeness (QED) is 0.181. The highest BCUT2D eigenvalue weighted by Crippen LogP contribution is 2.34. The highest BCUT2D eigenvalue weighted by Gasteiger charge is 2.36. The predicted octanol–water partition coefficient (Wildman–Crippen LogP) is 5.55. The molecule has 0 saturated heterocycles. The maximum absolute atomic E-state index is 12.7. The van der Waals surface area contributed by atoms with Gasteiger partial charge in [0, 0.05) is 23.4 Å². The fraction of sp³-hybridized carbons (Fsp3) is 0.120. The molecule has 0 bridgehead atoms. The van der Waals surface area contributed by atoms with Crippen molar-refractivity contribution < 1.29 is 18.9 Å². The number of benzene rings is 2. The number of para-hydroxylation sites is 1. The van der Waals surface area contributed by atoms with Crippen molar-refractivity contribution in [2.24, 2.45) is 10.1 Å². The average Bonchev–Trinajstić information content (AvgIpc) is 3.52. The molecule has 0 fully saturated rings. The van der Waals surface area contributed by atoms with E-state index in [1.165, 1.54) is 46.7 Å². The Morgan fingerprint density at radius 1 is 1.22 bits per heavy atom. The highest BCUT2D eigenvalue weighted by molar-refractivity contribution is 8.45. The molecule has 1 aromatic heterocycles. The number of nitro groups is 1. The van der Waals surface area contributed by atoms with Crippen molar-refractivity contribution >= 4 is 56.6 Å². The van der Waals surface area contributed by atoms with Gasteiger partial charge < -0.3 is 9.15 Å². The minimum absolute atomic E-state index is 0.0309. The van der Waals surface area contributed by atoms with Crippen LogP contribution in [0, 0.1) is 22.4 Å². The molecule has 0 radical (unpaired) electrons. The van der Waals surface area contributed by atoms with Gasteiger partial charge in [0.2, 0.25) is 5.17 Å². The second-order valence-electron chi connectivity index (χ2n) is 7.85. The molecular formula is C25H19N5O5S2. The molecule has 5 rings (SSSR count). The summed E-state index contributed by atoms with van der Waals surface area (Å²) in [7, 11) is 0. The fourth-order valence-corrected chi connectivity index (χ4v) is 5.36. The summed E-state index contributed by atoms with van der Waals surface area (Å²) in [5.41, 5.74) is 1.36. The van der Waals surface area contributed by atoms with Gasteiger partial charge in [0.25, 0.3) is 11.6 Å². The molecule has 1 amide bonds. The van der Waals surface area contributed by atoms with Crippen molar-refractivity contribution in [1.82, 2.24) is 5.01 Å². The molecule has 12 heteroatoms. The number of aryl methyl sites for hydroxylation is 1. The first kappa shape index (κ1) is 24.5. The van der Waals surface area contributed by atoms with Crippen LogP contribution >= 0.6 is 23.5 Å². The van der Waals surface area contributed by atoms with Gasteiger partial charge in [-0.1, -0.05) is 36.0 Å². The van der Waals surface area contributed by atoms with E-state index in [0.717, 1.165) is 11.3 Å². The van der Waals surface area contributed by atoms with Crippen molar-refractivity contribution in [3.8, 4) is 17.1 Å². The standard InChI is InChI=1S/C25H19N5O5S2/c1-15-7-8-16(30(32)33)13-19(15)21-10-9-18(35-21)14-20-22(26)29-24(27-23(20)31)37-25(28-29)36-12-11-34-17-5-3-2-4-6-17/h2-10,13-14,26H,11-12H2,1H3/b20-14+,26-22?. The number of fused-ring (bicyclic) bond motifs is 1. The lowest BCUT2D eigenvalue weighted by Gasteiger charge is -2.19. The first-order valence-electron chi connectivity index (χ1n) is 11.0. The lowest BCUT2D eigenvalue weighted by atomic mass is 10.1. The lowest BCUT2D eigenvalue weighted by Crippen LogP contribution is -2.35. The van der Waals surface area contributed by atoms with Gasteiger partial charge in [0.1, 0.15) is 17.3 Å². The molecule has 2 aliphatic rings. The smallest absolute Gasteiger partial charge is 0.283 e. The van der Waals surface area contributed by atoms with E-state index in [9.17, 15) is 14.9 Å². The van der Waals surface area contributed by atoms with E-state index in [0.29, 0.717) is 39.0 Å². The van der Waals surface area contributed by atoms with Crippen LogP contribution in [0.15, 0.2) is 80.7 Å². The SMILES string of the molecule is Cc1ccc([N+](=O)[O-])cc1-c1ccc(/C=C2\C(=N)N3N=C(SCCOc4ccccc4)SC3=NC2=O)o1. The van der Waals surface area contributed by atoms with Crippen LogP contribution < -0.4 is 4.74 Å². The van der Waals surface area contributed by atoms with E-state index in [2.05, 4.69) is 10.1 Å². The van der Waals surface area contributed by atoms with E-state index < -0.39 is 10.8 Å². The monoisotopic (exact) mass is 533 g/mol. The number of nitro benzene ring substituents is 1. The van der Waals surface area contributed by atoms with E-state index >= 15 is 0 Å². The van der Waals surface area contributed by atoms with Gasteiger partial charge in [-0.25, -0.2) is 0 Å². The van der Waals surface area contributed by atoms with Gasteiger partial charge in [-0.15, -0.1) is 5.10 Å². The fourth-order valence-electron chi connectivity index (χ4n) is 3.54. The van der Waals surface area contributed by atoms with Gasteiger partial charge in [-0.2, -0.15) is 10.0 Å². The summed E-state index contributed by atoms with van der Waals surface area (Å²) in [6, 6.07) is 17.3. The van der Waals surface area contributed by atoms with Crippen LogP contribution in [0.1, 0.15) is 11.3 Å². The zero-order chi connectivity index (χ0) is 25.9. The Morgan fingerprint density at radius 2 is 2.03 bits per heavy atom. The Bertz CT molecular complexity index is 1500. The van der Waals surface area contributed by atoms with Crippen LogP contribution in [0.4, 0.5) is 5.69 Å². The molecule has 10 nitrogen and oxygen atoms in total. The first-order valence-corrected chi connectivity index (χ1v) is 12.9. The number of furan rings is 1. The molecule has 2 aliphatic heterocycles. The maximum Gasteiger partial charge on any atom is 0.283 e. The zero-order valence-corrected chi connectivity index (χ0v) is 21.0. The number of amides is 1. The number of hydrogen-bond donors (Lipinski definition) is 1. The Morgan fingerprint density at radius 3 is 2.81 bits per heavy atom. The number of nitrogens with zero attached hydrogens (tertiary/aromatic N) is 4. The Balaban J connectivity index is 1.28. The third kappa shape index (κ3) is 5.34. The number of carbonyl (C=O) groups is 1. The van der Waals surface area contributed by atoms with Crippen molar-refractivity contribution in [3.63, 3.8) is 0 Å². The Labute approximate surface area is 219 Å². The molecule has 0 spiro atoms.